The summed E-state index contributed by atoms with van der Waals surface area (Å²) in [6, 6.07) is 0. The van der Waals surface area contributed by atoms with E-state index in [4.69, 9.17) is 4.74 Å². The van der Waals surface area contributed by atoms with Gasteiger partial charge in [-0.1, -0.05) is 13.3 Å². The van der Waals surface area contributed by atoms with Crippen molar-refractivity contribution in [1.29, 1.82) is 0 Å². The molecule has 0 saturated carbocycles. The molecule has 0 fully saturated rings. The van der Waals surface area contributed by atoms with Crippen LogP contribution in [0.25, 0.3) is 0 Å². The Morgan fingerprint density at radius 1 is 1.71 bits per heavy atom. The first kappa shape index (κ1) is 6.96. The van der Waals surface area contributed by atoms with Crippen LogP contribution in [0.1, 0.15) is 20.3 Å². The van der Waals surface area contributed by atoms with Gasteiger partial charge in [0, 0.05) is 7.11 Å². The van der Waals surface area contributed by atoms with Gasteiger partial charge in [0.2, 0.25) is 0 Å². The fourth-order valence-corrected chi connectivity index (χ4v) is 0.428. The van der Waals surface area contributed by atoms with E-state index in [9.17, 15) is 0 Å². The van der Waals surface area contributed by atoms with Crippen LogP contribution >= 0.6 is 0 Å². The lowest BCUT2D eigenvalue weighted by Crippen LogP contribution is -2.03. The molecule has 0 spiro atoms. The van der Waals surface area contributed by atoms with Crippen molar-refractivity contribution in [2.75, 3.05) is 7.11 Å². The van der Waals surface area contributed by atoms with E-state index in [1.807, 2.05) is 6.92 Å². The van der Waals surface area contributed by atoms with Crippen LogP contribution in [0.3, 0.4) is 0 Å². The first-order valence-electron chi connectivity index (χ1n) is 2.67. The smallest absolute Gasteiger partial charge is 0.0574 e. The third kappa shape index (κ3) is 3.80. The Kier molecular flexibility index (Phi) is 4.10. The maximum Gasteiger partial charge on any atom is 0.0574 e. The molecule has 0 heterocycles. The maximum atomic E-state index is 4.94. The molecule has 1 nitrogen and oxygen atoms in total. The molecular weight excluding hydrogens is 88.1 g/mol. The van der Waals surface area contributed by atoms with E-state index < -0.39 is 0 Å². The van der Waals surface area contributed by atoms with Gasteiger partial charge in [-0.3, -0.25) is 0 Å². The molecule has 1 atom stereocenters. The lowest BCUT2D eigenvalue weighted by Gasteiger charge is -2.04. The summed E-state index contributed by atoms with van der Waals surface area (Å²) in [5, 5.41) is 0. The van der Waals surface area contributed by atoms with Crippen LogP contribution in [-0.4, -0.2) is 13.2 Å². The van der Waals surface area contributed by atoms with Crippen LogP contribution in [-0.2, 0) is 4.74 Å². The lowest BCUT2D eigenvalue weighted by atomic mass is 10.2. The third-order valence-corrected chi connectivity index (χ3v) is 0.939. The van der Waals surface area contributed by atoms with Crippen LogP contribution in [0.2, 0.25) is 0 Å². The Morgan fingerprint density at radius 3 is 2.43 bits per heavy atom. The second kappa shape index (κ2) is 4.13. The van der Waals surface area contributed by atoms with E-state index in [2.05, 4.69) is 13.3 Å². The molecule has 43 valence electrons. The summed E-state index contributed by atoms with van der Waals surface area (Å²) in [5.41, 5.74) is 0. The monoisotopic (exact) mass is 101 g/mol. The Hall–Kier alpha value is -0.0400. The van der Waals surface area contributed by atoms with Gasteiger partial charge in [0.15, 0.2) is 0 Å². The van der Waals surface area contributed by atoms with Gasteiger partial charge in [-0.05, 0) is 13.3 Å². The van der Waals surface area contributed by atoms with Crippen molar-refractivity contribution in [3.05, 3.63) is 6.42 Å². The van der Waals surface area contributed by atoms with E-state index in [-0.39, 0.29) is 0 Å². The molecule has 0 aliphatic heterocycles. The predicted molar refractivity (Wildman–Crippen MR) is 31.1 cm³/mol. The minimum atomic E-state index is 0.324. The maximum absolute atomic E-state index is 4.94. The Balaban J connectivity index is 2.83. The van der Waals surface area contributed by atoms with Crippen molar-refractivity contribution in [1.82, 2.24) is 0 Å². The Labute approximate surface area is 45.7 Å². The van der Waals surface area contributed by atoms with E-state index in [1.165, 1.54) is 0 Å². The van der Waals surface area contributed by atoms with Gasteiger partial charge < -0.3 is 4.74 Å². The fraction of sp³-hybridized carbons (Fsp3) is 0.833. The average molecular weight is 101 g/mol. The van der Waals surface area contributed by atoms with Crippen LogP contribution in [0.4, 0.5) is 0 Å². The number of hydrogen-bond acceptors (Lipinski definition) is 1. The molecule has 0 aromatic carbocycles. The molecule has 0 N–H and O–H groups in total. The molecule has 1 heteroatoms. The van der Waals surface area contributed by atoms with Crippen LogP contribution in [0.15, 0.2) is 0 Å². The fourth-order valence-electron chi connectivity index (χ4n) is 0.428. The first-order chi connectivity index (χ1) is 3.31. The summed E-state index contributed by atoms with van der Waals surface area (Å²) in [6.45, 7) is 4.14. The van der Waals surface area contributed by atoms with Crippen molar-refractivity contribution >= 4 is 0 Å². The van der Waals surface area contributed by atoms with Gasteiger partial charge in [0.05, 0.1) is 6.10 Å². The van der Waals surface area contributed by atoms with Gasteiger partial charge >= 0.3 is 0 Å². The quantitative estimate of drug-likeness (QED) is 0.525. The minimum Gasteiger partial charge on any atom is -0.381 e. The number of methoxy groups -OCH3 is 1. The Morgan fingerprint density at radius 2 is 2.29 bits per heavy atom. The summed E-state index contributed by atoms with van der Waals surface area (Å²) in [5.74, 6) is 0. The van der Waals surface area contributed by atoms with Crippen molar-refractivity contribution in [2.45, 2.75) is 26.4 Å². The minimum absolute atomic E-state index is 0.324. The standard InChI is InChI=1S/C6H13O/c1-4-5-6(2)7-3/h5-6H,4H2,1-3H3. The highest BCUT2D eigenvalue weighted by atomic mass is 16.5. The lowest BCUT2D eigenvalue weighted by molar-refractivity contribution is 0.141. The number of hydrogen-bond donors (Lipinski definition) is 0. The summed E-state index contributed by atoms with van der Waals surface area (Å²) in [7, 11) is 1.72. The molecule has 0 rings (SSSR count). The largest absolute Gasteiger partial charge is 0.381 e. The summed E-state index contributed by atoms with van der Waals surface area (Å²) in [4.78, 5) is 0. The van der Waals surface area contributed by atoms with E-state index >= 15 is 0 Å². The predicted octanol–water partition coefficient (Wildman–Crippen LogP) is 1.64. The molecule has 7 heavy (non-hydrogen) atoms. The molecule has 0 aliphatic carbocycles. The average Bonchev–Trinajstić information content (AvgIpc) is 1.68. The molecule has 0 saturated heterocycles. The highest BCUT2D eigenvalue weighted by Gasteiger charge is 1.93. The summed E-state index contributed by atoms with van der Waals surface area (Å²) >= 11 is 0. The van der Waals surface area contributed by atoms with Gasteiger partial charge in [-0.15, -0.1) is 0 Å². The zero-order valence-electron chi connectivity index (χ0n) is 5.27. The second-order valence-corrected chi connectivity index (χ2v) is 1.58. The molecule has 1 unspecified atom stereocenters. The molecule has 0 aromatic rings. The van der Waals surface area contributed by atoms with E-state index in [0.717, 1.165) is 6.42 Å². The highest BCUT2D eigenvalue weighted by molar-refractivity contribution is 4.68. The third-order valence-electron chi connectivity index (χ3n) is 0.939. The zero-order chi connectivity index (χ0) is 5.70. The van der Waals surface area contributed by atoms with Gasteiger partial charge in [0.25, 0.3) is 0 Å². The zero-order valence-corrected chi connectivity index (χ0v) is 5.27. The highest BCUT2D eigenvalue weighted by Crippen LogP contribution is 1.95. The topological polar surface area (TPSA) is 9.23 Å². The van der Waals surface area contributed by atoms with E-state index in [0.29, 0.717) is 6.10 Å². The molecule has 0 amide bonds. The van der Waals surface area contributed by atoms with Crippen molar-refractivity contribution < 1.29 is 4.74 Å². The van der Waals surface area contributed by atoms with Gasteiger partial charge in [-0.25, -0.2) is 0 Å². The van der Waals surface area contributed by atoms with Crippen molar-refractivity contribution in [2.24, 2.45) is 0 Å². The Bertz CT molecular complexity index is 35.2. The SMILES string of the molecule is CC[CH]C(C)OC. The molecule has 0 bridgehead atoms. The normalized spacial score (nSPS) is 14.1. The van der Waals surface area contributed by atoms with Crippen molar-refractivity contribution in [3.8, 4) is 0 Å². The first-order valence-corrected chi connectivity index (χ1v) is 2.67. The van der Waals surface area contributed by atoms with Crippen molar-refractivity contribution in [3.63, 3.8) is 0 Å². The van der Waals surface area contributed by atoms with E-state index in [1.54, 1.807) is 7.11 Å². The second-order valence-electron chi connectivity index (χ2n) is 1.58. The molecule has 1 radical (unpaired) electrons. The van der Waals surface area contributed by atoms with Crippen LogP contribution in [0, 0.1) is 6.42 Å². The van der Waals surface area contributed by atoms with Crippen LogP contribution in [0.5, 0.6) is 0 Å². The van der Waals surface area contributed by atoms with Gasteiger partial charge in [0.1, 0.15) is 0 Å². The summed E-state index contributed by atoms with van der Waals surface area (Å²) in [6.07, 6.45) is 3.54. The summed E-state index contributed by atoms with van der Waals surface area (Å²) < 4.78 is 4.94. The molecule has 0 aromatic heterocycles. The number of ether oxygens (including phenoxy) is 1. The molecule has 0 aliphatic rings. The number of rotatable bonds is 3. The van der Waals surface area contributed by atoms with Crippen LogP contribution < -0.4 is 0 Å². The van der Waals surface area contributed by atoms with Gasteiger partial charge in [-0.2, -0.15) is 0 Å². The molecular formula is C6H13O.